The van der Waals surface area contributed by atoms with E-state index >= 15 is 0 Å². The molecule has 78 heavy (non-hydrogen) atoms. The lowest BCUT2D eigenvalue weighted by atomic mass is 9.98. The summed E-state index contributed by atoms with van der Waals surface area (Å²) < 4.78 is 36.5. The van der Waals surface area contributed by atoms with Crippen LogP contribution >= 0.6 is 0 Å². The van der Waals surface area contributed by atoms with E-state index in [0.29, 0.717) is 71.4 Å². The van der Waals surface area contributed by atoms with E-state index in [1.807, 2.05) is 44.2 Å². The molecule has 0 saturated carbocycles. The number of allylic oxidation sites excluding steroid dienone is 1. The van der Waals surface area contributed by atoms with Gasteiger partial charge in [-0.3, -0.25) is 29.0 Å². The fourth-order valence-corrected chi connectivity index (χ4v) is 11.9. The summed E-state index contributed by atoms with van der Waals surface area (Å²) in [6.45, 7) is 19.1. The quantitative estimate of drug-likeness (QED) is 0.0588. The fraction of sp³-hybridized carbons (Fsp3) is 0.417. The third kappa shape index (κ3) is 12.3. The number of anilines is 2. The zero-order chi connectivity index (χ0) is 55.5. The first kappa shape index (κ1) is 55.7. The second kappa shape index (κ2) is 23.5. The number of aryl methyl sites for hydroxylation is 1. The molecule has 5 aliphatic rings. The second-order valence-electron chi connectivity index (χ2n) is 23.1. The average Bonchev–Trinajstić information content (AvgIpc) is 4.18. The molecule has 1 N–H and O–H groups in total. The monoisotopic (exact) mass is 1100 g/mol. The molecule has 0 aromatic heterocycles. The van der Waals surface area contributed by atoms with Gasteiger partial charge in [-0.25, -0.2) is 4.79 Å². The van der Waals surface area contributed by atoms with Crippen LogP contribution in [-0.2, 0) is 23.8 Å². The Morgan fingerprint density at radius 3 is 1.78 bits per heavy atom. The summed E-state index contributed by atoms with van der Waals surface area (Å²) in [5, 5.41) is 2.81. The minimum Gasteiger partial charge on any atom is -0.493 e. The Morgan fingerprint density at radius 2 is 1.19 bits per heavy atom. The lowest BCUT2D eigenvalue weighted by Gasteiger charge is -2.27. The van der Waals surface area contributed by atoms with Crippen LogP contribution in [0.5, 0.6) is 17.2 Å². The summed E-state index contributed by atoms with van der Waals surface area (Å²) in [6, 6.07) is 23.5. The van der Waals surface area contributed by atoms with E-state index < -0.39 is 34.3 Å². The molecule has 9 rings (SSSR count). The predicted octanol–water partition coefficient (Wildman–Crippen LogP) is 10.5. The summed E-state index contributed by atoms with van der Waals surface area (Å²) in [6.07, 6.45) is 7.68. The van der Waals surface area contributed by atoms with Crippen molar-refractivity contribution >= 4 is 57.2 Å². The number of hydrogen-bond donors (Lipinski definition) is 1. The number of nitrogens with one attached hydrogen (secondary N) is 1. The Morgan fingerprint density at radius 1 is 0.654 bits per heavy atom. The van der Waals surface area contributed by atoms with Crippen molar-refractivity contribution in [3.8, 4) is 28.4 Å². The van der Waals surface area contributed by atoms with Crippen molar-refractivity contribution in [3.63, 3.8) is 0 Å². The van der Waals surface area contributed by atoms with E-state index in [0.717, 1.165) is 45.5 Å². The van der Waals surface area contributed by atoms with Crippen molar-refractivity contribution in [3.05, 3.63) is 136 Å². The molecular formula is C60H73N5O11Si2. The van der Waals surface area contributed by atoms with Crippen LogP contribution in [0.2, 0.25) is 51.4 Å². The third-order valence-corrected chi connectivity index (χ3v) is 18.2. The number of amides is 5. The zero-order valence-electron chi connectivity index (χ0n) is 46.4. The van der Waals surface area contributed by atoms with Crippen molar-refractivity contribution in [1.29, 1.82) is 0 Å². The number of methoxy groups -OCH3 is 1. The molecule has 412 valence electrons. The molecule has 4 aliphatic heterocycles. The van der Waals surface area contributed by atoms with Gasteiger partial charge in [0, 0.05) is 79.2 Å². The minimum atomic E-state index is -1.46. The maximum absolute atomic E-state index is 14.6. The Balaban J connectivity index is 0.852. The maximum atomic E-state index is 14.6. The van der Waals surface area contributed by atoms with Gasteiger partial charge in [-0.15, -0.1) is 0 Å². The molecule has 2 atom stereocenters. The molecule has 0 spiro atoms. The summed E-state index contributed by atoms with van der Waals surface area (Å²) in [5.74, 6) is 0.0271. The van der Waals surface area contributed by atoms with Gasteiger partial charge in [-0.2, -0.15) is 0 Å². The van der Waals surface area contributed by atoms with Gasteiger partial charge in [-0.1, -0.05) is 106 Å². The molecule has 0 bridgehead atoms. The van der Waals surface area contributed by atoms with E-state index in [1.54, 1.807) is 52.5 Å². The number of rotatable bonds is 22. The second-order valence-corrected chi connectivity index (χ2v) is 34.3. The van der Waals surface area contributed by atoms with Crippen LogP contribution in [0.1, 0.15) is 69.5 Å². The van der Waals surface area contributed by atoms with Gasteiger partial charge in [0.25, 0.3) is 23.6 Å². The first-order valence-electron chi connectivity index (χ1n) is 27.0. The van der Waals surface area contributed by atoms with Crippen molar-refractivity contribution < 1.29 is 52.4 Å². The molecular weight excluding hydrogens is 1020 g/mol. The van der Waals surface area contributed by atoms with Crippen LogP contribution in [-0.4, -0.2) is 128 Å². The molecule has 4 aromatic carbocycles. The lowest BCUT2D eigenvalue weighted by Crippen LogP contribution is -2.45. The van der Waals surface area contributed by atoms with Crippen LogP contribution < -0.4 is 29.3 Å². The molecule has 0 radical (unpaired) electrons. The van der Waals surface area contributed by atoms with Crippen LogP contribution in [0.4, 0.5) is 16.2 Å². The Bertz CT molecular complexity index is 3020. The van der Waals surface area contributed by atoms with E-state index in [1.165, 1.54) is 16.9 Å². The average molecular weight is 1100 g/mol. The summed E-state index contributed by atoms with van der Waals surface area (Å²) in [5.41, 5.74) is 8.45. The van der Waals surface area contributed by atoms with Gasteiger partial charge in [0.2, 0.25) is 0 Å². The topological polar surface area (TPSA) is 166 Å². The molecule has 5 amide bonds. The van der Waals surface area contributed by atoms with Gasteiger partial charge < -0.3 is 43.5 Å². The highest BCUT2D eigenvalue weighted by Crippen LogP contribution is 2.45. The SMILES string of the molecule is COc1cc2c(cc1OCCCOc1cc3c(cc1C)C(=O)N1C=C(/C=C/CNC(=O)OCC4c5ccccc5-c5ccccc54)C[C@H]1C(=O)N3COCC[Si](C)(C)C)N(COCC[Si](C)(C)C)C(=O)[C@@H]1CC(C)=CN1C2=O. The van der Waals surface area contributed by atoms with E-state index in [4.69, 9.17) is 28.4 Å². The number of alkyl carbamates (subject to hydrolysis) is 1. The summed E-state index contributed by atoms with van der Waals surface area (Å²) in [4.78, 5) is 76.3. The number of ether oxygens (including phenoxy) is 6. The standard InChI is InChI=1S/C60H73N5O11Si2/c1-39-28-51-58(68)65(38-73-25-27-78(7,8)9)50-33-55(54(71-3)31-47(50)57(67)62(51)34-39)75-23-15-22-74-53-32-49-46(29-40(53)2)56(66)63-35-41(30-52(63)59(69)64(49)37-72-24-26-77(4,5)6)16-14-21-61-60(70)76-36-48-44-19-12-10-17-42(44)43-18-11-13-20-45(43)48/h10-14,16-20,29,31-35,48,51-52H,15,21-28,30,36-38H2,1-9H3,(H,61,70)/b16-14+/t51-,52-/m0/s1. The molecule has 0 saturated heterocycles. The minimum absolute atomic E-state index is 0.00721. The third-order valence-electron chi connectivity index (χ3n) is 14.7. The number of nitrogens with zero attached hydrogens (tertiary/aromatic N) is 4. The molecule has 0 fully saturated rings. The summed E-state index contributed by atoms with van der Waals surface area (Å²) in [7, 11) is -1.36. The number of hydrogen-bond acceptors (Lipinski definition) is 11. The zero-order valence-corrected chi connectivity index (χ0v) is 48.4. The molecule has 18 heteroatoms. The predicted molar refractivity (Wildman–Crippen MR) is 306 cm³/mol. The van der Waals surface area contributed by atoms with Crippen molar-refractivity contribution in [2.75, 3.05) is 70.0 Å². The largest absolute Gasteiger partial charge is 0.493 e. The molecule has 16 nitrogen and oxygen atoms in total. The maximum Gasteiger partial charge on any atom is 0.407 e. The number of benzene rings is 4. The van der Waals surface area contributed by atoms with Crippen LogP contribution in [0.3, 0.4) is 0 Å². The molecule has 4 aromatic rings. The Hall–Kier alpha value is -7.00. The van der Waals surface area contributed by atoms with Crippen LogP contribution in [0, 0.1) is 6.92 Å². The Labute approximate surface area is 459 Å². The number of carbonyl (C=O) groups excluding carboxylic acids is 5. The van der Waals surface area contributed by atoms with E-state index in [2.05, 4.69) is 68.9 Å². The van der Waals surface area contributed by atoms with Crippen molar-refractivity contribution in [1.82, 2.24) is 15.1 Å². The van der Waals surface area contributed by atoms with Gasteiger partial charge in [0.05, 0.1) is 42.8 Å². The van der Waals surface area contributed by atoms with Gasteiger partial charge >= 0.3 is 6.09 Å². The van der Waals surface area contributed by atoms with Gasteiger partial charge in [0.15, 0.2) is 11.5 Å². The number of carbonyl (C=O) groups is 5. The van der Waals surface area contributed by atoms with Gasteiger partial charge in [-0.05, 0) is 77.9 Å². The summed E-state index contributed by atoms with van der Waals surface area (Å²) >= 11 is 0. The van der Waals surface area contributed by atoms with Crippen LogP contribution in [0.25, 0.3) is 11.1 Å². The first-order chi connectivity index (χ1) is 37.3. The fourth-order valence-electron chi connectivity index (χ4n) is 10.4. The van der Waals surface area contributed by atoms with E-state index in [9.17, 15) is 24.0 Å². The van der Waals surface area contributed by atoms with Crippen LogP contribution in [0.15, 0.2) is 108 Å². The smallest absolute Gasteiger partial charge is 0.407 e. The molecule has 0 unspecified atom stereocenters. The highest BCUT2D eigenvalue weighted by molar-refractivity contribution is 6.76. The molecule has 4 heterocycles. The Kier molecular flexibility index (Phi) is 16.8. The highest BCUT2D eigenvalue weighted by Gasteiger charge is 2.44. The van der Waals surface area contributed by atoms with E-state index in [-0.39, 0.29) is 75.8 Å². The number of fused-ring (bicyclic) bond motifs is 7. The van der Waals surface area contributed by atoms with Crippen molar-refractivity contribution in [2.45, 2.75) is 102 Å². The van der Waals surface area contributed by atoms with Gasteiger partial charge in [0.1, 0.15) is 37.9 Å². The lowest BCUT2D eigenvalue weighted by molar-refractivity contribution is -0.123. The normalized spacial score (nSPS) is 18.0. The highest BCUT2D eigenvalue weighted by atomic mass is 28.3. The first-order valence-corrected chi connectivity index (χ1v) is 34.4. The molecule has 1 aliphatic carbocycles. The van der Waals surface area contributed by atoms with Crippen molar-refractivity contribution in [2.24, 2.45) is 0 Å².